The first-order chi connectivity index (χ1) is 9.93. The van der Waals surface area contributed by atoms with Crippen molar-refractivity contribution < 1.29 is 23.0 Å². The maximum absolute atomic E-state index is 12.3. The van der Waals surface area contributed by atoms with Crippen molar-refractivity contribution in [3.05, 3.63) is 35.7 Å². The molecule has 0 bridgehead atoms. The van der Waals surface area contributed by atoms with Crippen LogP contribution in [0, 0.1) is 0 Å². The van der Waals surface area contributed by atoms with Gasteiger partial charge in [-0.05, 0) is 30.2 Å². The maximum Gasteiger partial charge on any atom is 0.573 e. The predicted octanol–water partition coefficient (Wildman–Crippen LogP) is 2.61. The van der Waals surface area contributed by atoms with E-state index in [1.165, 1.54) is 29.1 Å². The van der Waals surface area contributed by atoms with E-state index in [2.05, 4.69) is 15.0 Å². The van der Waals surface area contributed by atoms with Gasteiger partial charge < -0.3 is 9.84 Å². The van der Waals surface area contributed by atoms with Crippen molar-refractivity contribution >= 4 is 0 Å². The molecule has 1 N–H and O–H groups in total. The van der Waals surface area contributed by atoms with Crippen LogP contribution in [0.5, 0.6) is 5.75 Å². The lowest BCUT2D eigenvalue weighted by Crippen LogP contribution is -2.17. The minimum atomic E-state index is -4.72. The predicted molar refractivity (Wildman–Crippen MR) is 68.0 cm³/mol. The molecule has 2 aromatic rings. The molecule has 5 nitrogen and oxygen atoms in total. The Hall–Kier alpha value is -2.09. The first kappa shape index (κ1) is 15.3. The van der Waals surface area contributed by atoms with Gasteiger partial charge in [0.2, 0.25) is 0 Å². The molecule has 8 heteroatoms. The van der Waals surface area contributed by atoms with Crippen LogP contribution in [0.1, 0.15) is 24.6 Å². The third-order valence-corrected chi connectivity index (χ3v) is 2.75. The Balaban J connectivity index is 2.36. The summed E-state index contributed by atoms with van der Waals surface area (Å²) in [5.41, 5.74) is 1.65. The van der Waals surface area contributed by atoms with E-state index < -0.39 is 6.36 Å². The molecular weight excluding hydrogens is 287 g/mol. The fourth-order valence-corrected chi connectivity index (χ4v) is 1.94. The summed E-state index contributed by atoms with van der Waals surface area (Å²) in [6.45, 7) is 1.67. The average Bonchev–Trinajstić information content (AvgIpc) is 2.86. The van der Waals surface area contributed by atoms with Crippen molar-refractivity contribution in [3.63, 3.8) is 0 Å². The lowest BCUT2D eigenvalue weighted by atomic mass is 10.1. The topological polar surface area (TPSA) is 60.2 Å². The van der Waals surface area contributed by atoms with Crippen molar-refractivity contribution in [2.75, 3.05) is 0 Å². The quantitative estimate of drug-likeness (QED) is 0.922. The number of alkyl halides is 3. The second-order valence-corrected chi connectivity index (χ2v) is 4.40. The van der Waals surface area contributed by atoms with Crippen LogP contribution in [0.3, 0.4) is 0 Å². The fourth-order valence-electron chi connectivity index (χ4n) is 1.94. The Bertz CT molecular complexity index is 611. The standard InChI is InChI=1S/C13H14F3N3O2/c1-2-3-9-6-11(21-13(14,15)16)4-5-12(9)19-7-10(8-20)17-18-19/h4-7,20H,2-3,8H2,1H3. The second kappa shape index (κ2) is 6.13. The molecule has 1 heterocycles. The van der Waals surface area contributed by atoms with Crippen LogP contribution >= 0.6 is 0 Å². The molecular formula is C13H14F3N3O2. The maximum atomic E-state index is 12.3. The first-order valence-electron chi connectivity index (χ1n) is 6.34. The molecule has 0 aliphatic carbocycles. The highest BCUT2D eigenvalue weighted by molar-refractivity contribution is 5.45. The van der Waals surface area contributed by atoms with Gasteiger partial charge in [0, 0.05) is 0 Å². The number of hydrogen-bond acceptors (Lipinski definition) is 4. The Morgan fingerprint density at radius 2 is 2.10 bits per heavy atom. The van der Waals surface area contributed by atoms with E-state index in [4.69, 9.17) is 5.11 Å². The molecule has 1 aromatic carbocycles. The zero-order chi connectivity index (χ0) is 15.5. The second-order valence-electron chi connectivity index (χ2n) is 4.40. The molecule has 114 valence electrons. The van der Waals surface area contributed by atoms with Crippen molar-refractivity contribution in [3.8, 4) is 11.4 Å². The molecule has 0 saturated carbocycles. The molecule has 0 atom stereocenters. The fraction of sp³-hybridized carbons (Fsp3) is 0.385. The highest BCUT2D eigenvalue weighted by Gasteiger charge is 2.31. The molecule has 0 aliphatic rings. The summed E-state index contributed by atoms with van der Waals surface area (Å²) in [6.07, 6.45) is -1.87. The monoisotopic (exact) mass is 301 g/mol. The van der Waals surface area contributed by atoms with Crippen LogP contribution in [-0.4, -0.2) is 26.5 Å². The van der Waals surface area contributed by atoms with Gasteiger partial charge in [-0.3, -0.25) is 0 Å². The van der Waals surface area contributed by atoms with E-state index in [0.29, 0.717) is 23.4 Å². The largest absolute Gasteiger partial charge is 0.573 e. The van der Waals surface area contributed by atoms with Crippen LogP contribution in [0.4, 0.5) is 13.2 Å². The first-order valence-corrected chi connectivity index (χ1v) is 6.34. The lowest BCUT2D eigenvalue weighted by molar-refractivity contribution is -0.274. The Morgan fingerprint density at radius 1 is 1.33 bits per heavy atom. The van der Waals surface area contributed by atoms with Gasteiger partial charge in [-0.1, -0.05) is 18.6 Å². The smallest absolute Gasteiger partial charge is 0.406 e. The molecule has 0 fully saturated rings. The number of ether oxygens (including phenoxy) is 1. The number of hydrogen-bond donors (Lipinski definition) is 1. The van der Waals surface area contributed by atoms with Gasteiger partial charge in [-0.2, -0.15) is 0 Å². The third-order valence-electron chi connectivity index (χ3n) is 2.75. The van der Waals surface area contributed by atoms with Gasteiger partial charge in [0.05, 0.1) is 18.5 Å². The van der Waals surface area contributed by atoms with Gasteiger partial charge in [0.25, 0.3) is 0 Å². The number of benzene rings is 1. The number of aryl methyl sites for hydroxylation is 1. The minimum Gasteiger partial charge on any atom is -0.406 e. The Morgan fingerprint density at radius 3 is 2.67 bits per heavy atom. The summed E-state index contributed by atoms with van der Waals surface area (Å²) in [7, 11) is 0. The summed E-state index contributed by atoms with van der Waals surface area (Å²) < 4.78 is 42.1. The van der Waals surface area contributed by atoms with E-state index in [1.807, 2.05) is 6.92 Å². The van der Waals surface area contributed by atoms with Gasteiger partial charge >= 0.3 is 6.36 Å². The third kappa shape index (κ3) is 3.94. The molecule has 0 saturated heterocycles. The Labute approximate surface area is 119 Å². The van der Waals surface area contributed by atoms with Crippen LogP contribution < -0.4 is 4.74 Å². The van der Waals surface area contributed by atoms with Crippen LogP contribution in [-0.2, 0) is 13.0 Å². The Kier molecular flexibility index (Phi) is 4.46. The summed E-state index contributed by atoms with van der Waals surface area (Å²) in [4.78, 5) is 0. The van der Waals surface area contributed by atoms with Gasteiger partial charge in [0.1, 0.15) is 11.4 Å². The van der Waals surface area contributed by atoms with E-state index in [0.717, 1.165) is 6.42 Å². The number of aliphatic hydroxyl groups is 1. The number of aliphatic hydroxyl groups excluding tert-OH is 1. The van der Waals surface area contributed by atoms with Crippen molar-refractivity contribution in [2.45, 2.75) is 32.7 Å². The summed E-state index contributed by atoms with van der Waals surface area (Å²) in [5, 5.41) is 16.6. The van der Waals surface area contributed by atoms with Gasteiger partial charge in [0.15, 0.2) is 0 Å². The minimum absolute atomic E-state index is 0.252. The number of rotatable bonds is 5. The van der Waals surface area contributed by atoms with E-state index in [9.17, 15) is 13.2 Å². The van der Waals surface area contributed by atoms with E-state index >= 15 is 0 Å². The van der Waals surface area contributed by atoms with Crippen LogP contribution in [0.15, 0.2) is 24.4 Å². The highest BCUT2D eigenvalue weighted by atomic mass is 19.4. The zero-order valence-corrected chi connectivity index (χ0v) is 11.3. The number of nitrogens with zero attached hydrogens (tertiary/aromatic N) is 3. The lowest BCUT2D eigenvalue weighted by Gasteiger charge is -2.13. The average molecular weight is 301 g/mol. The van der Waals surface area contributed by atoms with Gasteiger partial charge in [-0.15, -0.1) is 18.3 Å². The van der Waals surface area contributed by atoms with E-state index in [1.54, 1.807) is 0 Å². The molecule has 0 amide bonds. The summed E-state index contributed by atoms with van der Waals surface area (Å²) in [6, 6.07) is 4.05. The van der Waals surface area contributed by atoms with E-state index in [-0.39, 0.29) is 12.4 Å². The number of aromatic nitrogens is 3. The normalized spacial score (nSPS) is 11.7. The molecule has 1 aromatic heterocycles. The zero-order valence-electron chi connectivity index (χ0n) is 11.3. The number of halogens is 3. The van der Waals surface area contributed by atoms with Gasteiger partial charge in [-0.25, -0.2) is 4.68 Å². The molecule has 0 aliphatic heterocycles. The molecule has 21 heavy (non-hydrogen) atoms. The summed E-state index contributed by atoms with van der Waals surface area (Å²) >= 11 is 0. The van der Waals surface area contributed by atoms with Crippen molar-refractivity contribution in [2.24, 2.45) is 0 Å². The van der Waals surface area contributed by atoms with Crippen LogP contribution in [0.2, 0.25) is 0 Å². The molecule has 2 rings (SSSR count). The SMILES string of the molecule is CCCc1cc(OC(F)(F)F)ccc1-n1cc(CO)nn1. The van der Waals surface area contributed by atoms with Crippen molar-refractivity contribution in [1.82, 2.24) is 15.0 Å². The van der Waals surface area contributed by atoms with Crippen molar-refractivity contribution in [1.29, 1.82) is 0 Å². The molecule has 0 radical (unpaired) electrons. The van der Waals surface area contributed by atoms with Crippen LogP contribution in [0.25, 0.3) is 5.69 Å². The highest BCUT2D eigenvalue weighted by Crippen LogP contribution is 2.27. The molecule has 0 spiro atoms. The molecule has 0 unspecified atom stereocenters. The summed E-state index contributed by atoms with van der Waals surface area (Å²) in [5.74, 6) is -0.266.